The molecule has 0 atom stereocenters. The summed E-state index contributed by atoms with van der Waals surface area (Å²) in [6.45, 7) is 9.22. The third-order valence-electron chi connectivity index (χ3n) is 1.50. The molecule has 0 amide bonds. The Morgan fingerprint density at radius 3 is 1.80 bits per heavy atom. The minimum Gasteiger partial charge on any atom is -0.276 e. The van der Waals surface area contributed by atoms with Crippen LogP contribution in [0.2, 0.25) is 0 Å². The third kappa shape index (κ3) is 3.85. The molecule has 0 aromatic carbocycles. The zero-order chi connectivity index (χ0) is 8.15. The highest BCUT2D eigenvalue weighted by atomic mass is 16.3. The average Bonchev–Trinajstić information content (AvgIpc) is 1.81. The smallest absolute Gasteiger partial charge is 0.135 e. The van der Waals surface area contributed by atoms with Crippen LogP contribution < -0.4 is 0 Å². The Bertz CT molecular complexity index is 81.3. The first-order valence-electron chi connectivity index (χ1n) is 3.90. The average molecular weight is 144 g/mol. The van der Waals surface area contributed by atoms with E-state index in [1.807, 2.05) is 4.90 Å². The summed E-state index contributed by atoms with van der Waals surface area (Å²) >= 11 is 0. The molecule has 61 valence electrons. The van der Waals surface area contributed by atoms with E-state index in [1.54, 1.807) is 0 Å². The van der Waals surface area contributed by atoms with Gasteiger partial charge in [0.2, 0.25) is 0 Å². The summed E-state index contributed by atoms with van der Waals surface area (Å²) < 4.78 is 0. The van der Waals surface area contributed by atoms with Crippen molar-refractivity contribution in [1.29, 1.82) is 0 Å². The van der Waals surface area contributed by atoms with Gasteiger partial charge in [-0.05, 0) is 19.8 Å². The van der Waals surface area contributed by atoms with Crippen molar-refractivity contribution >= 4 is 0 Å². The van der Waals surface area contributed by atoms with Crippen LogP contribution in [-0.4, -0.2) is 24.2 Å². The molecule has 2 heteroatoms. The van der Waals surface area contributed by atoms with Crippen LogP contribution in [0.4, 0.5) is 0 Å². The Morgan fingerprint density at radius 2 is 1.70 bits per heavy atom. The number of nitrogens with zero attached hydrogens (tertiary/aromatic N) is 1. The summed E-state index contributed by atoms with van der Waals surface area (Å²) in [5, 5.41) is 10.5. The van der Waals surface area contributed by atoms with E-state index in [1.165, 1.54) is 0 Å². The van der Waals surface area contributed by atoms with Gasteiger partial charge < -0.3 is 0 Å². The molecule has 0 aliphatic rings. The Morgan fingerprint density at radius 1 is 1.20 bits per heavy atom. The van der Waals surface area contributed by atoms with Gasteiger partial charge >= 0.3 is 0 Å². The van der Waals surface area contributed by atoms with Gasteiger partial charge in [0, 0.05) is 12.6 Å². The maximum absolute atomic E-state index is 10.5. The highest BCUT2D eigenvalue weighted by Gasteiger charge is 2.09. The standard InChI is InChI=1S/C8H18NO/c1-7(2)5-9(6-10)8(3)4/h7-8H,5-6H2,1-4H3. The van der Waals surface area contributed by atoms with Gasteiger partial charge in [-0.3, -0.25) is 4.90 Å². The zero-order valence-electron chi connectivity index (χ0n) is 7.42. The molecule has 0 bridgehead atoms. The summed E-state index contributed by atoms with van der Waals surface area (Å²) in [7, 11) is 0. The first-order chi connectivity index (χ1) is 4.57. The Balaban J connectivity index is 3.60. The zero-order valence-corrected chi connectivity index (χ0v) is 7.42. The van der Waals surface area contributed by atoms with Gasteiger partial charge in [0.25, 0.3) is 0 Å². The molecule has 0 unspecified atom stereocenters. The van der Waals surface area contributed by atoms with Gasteiger partial charge in [-0.2, -0.15) is 0 Å². The number of hydrogen-bond acceptors (Lipinski definition) is 1. The van der Waals surface area contributed by atoms with E-state index in [-0.39, 0.29) is 6.73 Å². The van der Waals surface area contributed by atoms with Crippen LogP contribution in [0.25, 0.3) is 0 Å². The van der Waals surface area contributed by atoms with Crippen molar-refractivity contribution in [3.63, 3.8) is 0 Å². The molecule has 0 aliphatic carbocycles. The number of hydrogen-bond donors (Lipinski definition) is 0. The van der Waals surface area contributed by atoms with Crippen LogP contribution in [-0.2, 0) is 5.11 Å². The van der Waals surface area contributed by atoms with Crippen molar-refractivity contribution in [2.45, 2.75) is 33.7 Å². The molecule has 0 heterocycles. The maximum Gasteiger partial charge on any atom is 0.135 e. The predicted molar refractivity (Wildman–Crippen MR) is 42.2 cm³/mol. The van der Waals surface area contributed by atoms with E-state index < -0.39 is 0 Å². The van der Waals surface area contributed by atoms with E-state index in [0.717, 1.165) is 6.54 Å². The van der Waals surface area contributed by atoms with Crippen LogP contribution in [0.3, 0.4) is 0 Å². The molecule has 10 heavy (non-hydrogen) atoms. The summed E-state index contributed by atoms with van der Waals surface area (Å²) in [5.41, 5.74) is 0. The minimum atomic E-state index is -0.0736. The van der Waals surface area contributed by atoms with E-state index >= 15 is 0 Å². The second-order valence-electron chi connectivity index (χ2n) is 3.39. The molecule has 0 aromatic heterocycles. The van der Waals surface area contributed by atoms with Crippen LogP contribution in [0.1, 0.15) is 27.7 Å². The predicted octanol–water partition coefficient (Wildman–Crippen LogP) is 1.74. The number of rotatable bonds is 4. The van der Waals surface area contributed by atoms with Crippen LogP contribution >= 0.6 is 0 Å². The van der Waals surface area contributed by atoms with Gasteiger partial charge in [-0.25, -0.2) is 5.11 Å². The highest BCUT2D eigenvalue weighted by molar-refractivity contribution is 4.59. The molecule has 0 aliphatic heterocycles. The largest absolute Gasteiger partial charge is 0.276 e. The lowest BCUT2D eigenvalue weighted by Gasteiger charge is -2.24. The molecule has 1 radical (unpaired) electrons. The normalized spacial score (nSPS) is 12.0. The lowest BCUT2D eigenvalue weighted by atomic mass is 10.2. The van der Waals surface area contributed by atoms with Crippen molar-refractivity contribution in [3.05, 3.63) is 0 Å². The third-order valence-corrected chi connectivity index (χ3v) is 1.50. The fourth-order valence-corrected chi connectivity index (χ4v) is 0.882. The molecule has 0 aromatic rings. The lowest BCUT2D eigenvalue weighted by molar-refractivity contribution is 0.0233. The summed E-state index contributed by atoms with van der Waals surface area (Å²) in [4.78, 5) is 1.94. The monoisotopic (exact) mass is 144 g/mol. The second kappa shape index (κ2) is 4.69. The first kappa shape index (κ1) is 9.92. The minimum absolute atomic E-state index is 0.0736. The Hall–Kier alpha value is -0.0800. The van der Waals surface area contributed by atoms with E-state index in [0.29, 0.717) is 12.0 Å². The molecule has 0 saturated carbocycles. The van der Waals surface area contributed by atoms with Crippen LogP contribution in [0.5, 0.6) is 0 Å². The Kier molecular flexibility index (Phi) is 4.65. The molecule has 0 N–H and O–H groups in total. The van der Waals surface area contributed by atoms with Crippen molar-refractivity contribution in [2.24, 2.45) is 5.92 Å². The summed E-state index contributed by atoms with van der Waals surface area (Å²) in [5.74, 6) is 0.594. The van der Waals surface area contributed by atoms with Gasteiger partial charge in [0.15, 0.2) is 0 Å². The Labute approximate surface area is 63.8 Å². The molecular formula is C8H18NO. The van der Waals surface area contributed by atoms with Gasteiger partial charge in [-0.15, -0.1) is 0 Å². The van der Waals surface area contributed by atoms with Crippen molar-refractivity contribution in [1.82, 2.24) is 4.90 Å². The SMILES string of the molecule is CC(C)CN(C[O])C(C)C. The van der Waals surface area contributed by atoms with Crippen molar-refractivity contribution in [2.75, 3.05) is 13.3 Å². The van der Waals surface area contributed by atoms with Gasteiger partial charge in [0.05, 0.1) is 0 Å². The lowest BCUT2D eigenvalue weighted by Crippen LogP contribution is -2.34. The topological polar surface area (TPSA) is 23.1 Å². The molecular weight excluding hydrogens is 126 g/mol. The van der Waals surface area contributed by atoms with Crippen LogP contribution in [0, 0.1) is 5.92 Å². The molecule has 0 rings (SSSR count). The fourth-order valence-electron chi connectivity index (χ4n) is 0.882. The van der Waals surface area contributed by atoms with Crippen molar-refractivity contribution in [3.8, 4) is 0 Å². The maximum atomic E-state index is 10.5. The van der Waals surface area contributed by atoms with E-state index in [4.69, 9.17) is 0 Å². The molecule has 2 nitrogen and oxygen atoms in total. The first-order valence-corrected chi connectivity index (χ1v) is 3.90. The quantitative estimate of drug-likeness (QED) is 0.551. The molecule has 0 fully saturated rings. The fraction of sp³-hybridized carbons (Fsp3) is 1.00. The van der Waals surface area contributed by atoms with Crippen molar-refractivity contribution < 1.29 is 5.11 Å². The van der Waals surface area contributed by atoms with E-state index in [2.05, 4.69) is 27.7 Å². The molecule has 0 saturated heterocycles. The second-order valence-corrected chi connectivity index (χ2v) is 3.39. The van der Waals surface area contributed by atoms with Gasteiger partial charge in [-0.1, -0.05) is 13.8 Å². The summed E-state index contributed by atoms with van der Waals surface area (Å²) in [6.07, 6.45) is 0. The molecule has 0 spiro atoms. The van der Waals surface area contributed by atoms with Crippen LogP contribution in [0.15, 0.2) is 0 Å². The van der Waals surface area contributed by atoms with E-state index in [9.17, 15) is 5.11 Å². The highest BCUT2D eigenvalue weighted by Crippen LogP contribution is 2.01. The summed E-state index contributed by atoms with van der Waals surface area (Å²) in [6, 6.07) is 0.389. The van der Waals surface area contributed by atoms with Gasteiger partial charge in [0.1, 0.15) is 6.73 Å².